The van der Waals surface area contributed by atoms with Gasteiger partial charge in [-0.2, -0.15) is 4.98 Å². The van der Waals surface area contributed by atoms with Crippen LogP contribution in [0, 0.1) is 5.92 Å². The molecule has 0 aromatic carbocycles. The van der Waals surface area contributed by atoms with Gasteiger partial charge < -0.3 is 9.42 Å². The highest BCUT2D eigenvalue weighted by atomic mass is 16.5. The van der Waals surface area contributed by atoms with Crippen molar-refractivity contribution in [1.82, 2.24) is 20.0 Å². The second-order valence-electron chi connectivity index (χ2n) is 5.84. The third-order valence-electron chi connectivity index (χ3n) is 4.25. The van der Waals surface area contributed by atoms with Gasteiger partial charge in [-0.15, -0.1) is 0 Å². The summed E-state index contributed by atoms with van der Waals surface area (Å²) < 4.78 is 5.21. The van der Waals surface area contributed by atoms with E-state index in [1.165, 1.54) is 12.8 Å². The summed E-state index contributed by atoms with van der Waals surface area (Å²) in [7, 11) is 1.88. The summed E-state index contributed by atoms with van der Waals surface area (Å²) in [6.45, 7) is 2.11. The number of aromatic nitrogens is 3. The van der Waals surface area contributed by atoms with Crippen LogP contribution in [0.1, 0.15) is 32.1 Å². The SMILES string of the molecule is CC(C1CC1)N(C)C(=O)CCc1nc(-c2cccnc2)no1. The van der Waals surface area contributed by atoms with E-state index in [1.54, 1.807) is 12.4 Å². The normalized spacial score (nSPS) is 15.5. The Labute approximate surface area is 129 Å². The van der Waals surface area contributed by atoms with Gasteiger partial charge in [0, 0.05) is 43.9 Å². The summed E-state index contributed by atoms with van der Waals surface area (Å²) in [5.41, 5.74) is 0.809. The van der Waals surface area contributed by atoms with Crippen LogP contribution in [0.15, 0.2) is 29.0 Å². The molecule has 1 atom stereocenters. The van der Waals surface area contributed by atoms with Crippen molar-refractivity contribution in [3.63, 3.8) is 0 Å². The van der Waals surface area contributed by atoms with Gasteiger partial charge >= 0.3 is 0 Å². The van der Waals surface area contributed by atoms with E-state index in [9.17, 15) is 4.79 Å². The van der Waals surface area contributed by atoms with Crippen molar-refractivity contribution in [2.24, 2.45) is 5.92 Å². The lowest BCUT2D eigenvalue weighted by Crippen LogP contribution is -2.36. The summed E-state index contributed by atoms with van der Waals surface area (Å²) >= 11 is 0. The molecule has 2 aromatic rings. The van der Waals surface area contributed by atoms with Crippen molar-refractivity contribution in [2.45, 2.75) is 38.6 Å². The Bertz CT molecular complexity index is 637. The van der Waals surface area contributed by atoms with E-state index < -0.39 is 0 Å². The van der Waals surface area contributed by atoms with Crippen molar-refractivity contribution in [3.8, 4) is 11.4 Å². The number of carbonyl (C=O) groups is 1. The molecule has 0 radical (unpaired) electrons. The van der Waals surface area contributed by atoms with E-state index in [0.29, 0.717) is 36.5 Å². The number of hydrogen-bond donors (Lipinski definition) is 0. The van der Waals surface area contributed by atoms with Crippen LogP contribution in [0.3, 0.4) is 0 Å². The van der Waals surface area contributed by atoms with Crippen LogP contribution in [0.4, 0.5) is 0 Å². The van der Waals surface area contributed by atoms with Crippen molar-refractivity contribution in [2.75, 3.05) is 7.05 Å². The van der Waals surface area contributed by atoms with Crippen LogP contribution in [0.5, 0.6) is 0 Å². The fourth-order valence-electron chi connectivity index (χ4n) is 2.48. The molecule has 0 aliphatic heterocycles. The van der Waals surface area contributed by atoms with Crippen molar-refractivity contribution >= 4 is 5.91 Å². The predicted molar refractivity (Wildman–Crippen MR) is 80.8 cm³/mol. The number of pyridine rings is 1. The molecule has 1 aliphatic rings. The maximum atomic E-state index is 12.2. The Hall–Kier alpha value is -2.24. The molecule has 0 N–H and O–H groups in total. The summed E-state index contributed by atoms with van der Waals surface area (Å²) in [5.74, 6) is 1.80. The van der Waals surface area contributed by atoms with E-state index in [1.807, 2.05) is 24.1 Å². The predicted octanol–water partition coefficient (Wildman–Crippen LogP) is 2.32. The second kappa shape index (κ2) is 6.25. The number of aryl methyl sites for hydroxylation is 1. The van der Waals surface area contributed by atoms with E-state index in [4.69, 9.17) is 4.52 Å². The Morgan fingerprint density at radius 2 is 2.32 bits per heavy atom. The smallest absolute Gasteiger partial charge is 0.227 e. The molecule has 2 aromatic heterocycles. The Morgan fingerprint density at radius 3 is 3.00 bits per heavy atom. The number of rotatable bonds is 6. The van der Waals surface area contributed by atoms with Gasteiger partial charge in [-0.05, 0) is 37.8 Å². The quantitative estimate of drug-likeness (QED) is 0.818. The molecule has 1 unspecified atom stereocenters. The van der Waals surface area contributed by atoms with Gasteiger partial charge in [-0.1, -0.05) is 5.16 Å². The molecule has 3 rings (SSSR count). The maximum Gasteiger partial charge on any atom is 0.227 e. The van der Waals surface area contributed by atoms with Crippen LogP contribution >= 0.6 is 0 Å². The molecule has 6 nitrogen and oxygen atoms in total. The largest absolute Gasteiger partial charge is 0.343 e. The molecule has 22 heavy (non-hydrogen) atoms. The van der Waals surface area contributed by atoms with E-state index in [2.05, 4.69) is 22.0 Å². The number of hydrogen-bond acceptors (Lipinski definition) is 5. The molecule has 0 bridgehead atoms. The summed E-state index contributed by atoms with van der Waals surface area (Å²) in [6, 6.07) is 4.02. The Morgan fingerprint density at radius 1 is 1.50 bits per heavy atom. The van der Waals surface area contributed by atoms with Crippen molar-refractivity contribution in [1.29, 1.82) is 0 Å². The topological polar surface area (TPSA) is 72.1 Å². The summed E-state index contributed by atoms with van der Waals surface area (Å²) in [6.07, 6.45) is 6.70. The molecule has 0 spiro atoms. The van der Waals surface area contributed by atoms with Crippen LogP contribution in [-0.2, 0) is 11.2 Å². The Balaban J connectivity index is 1.55. The summed E-state index contributed by atoms with van der Waals surface area (Å²) in [4.78, 5) is 22.4. The zero-order valence-corrected chi connectivity index (χ0v) is 12.9. The molecular weight excluding hydrogens is 280 g/mol. The second-order valence-corrected chi connectivity index (χ2v) is 5.84. The average molecular weight is 300 g/mol. The molecule has 1 saturated carbocycles. The minimum Gasteiger partial charge on any atom is -0.343 e. The lowest BCUT2D eigenvalue weighted by molar-refractivity contribution is -0.132. The van der Waals surface area contributed by atoms with Gasteiger partial charge in [0.2, 0.25) is 17.6 Å². The molecule has 6 heteroatoms. The molecule has 116 valence electrons. The standard InChI is InChI=1S/C16H20N4O2/c1-11(12-5-6-12)20(2)15(21)8-7-14-18-16(19-22-14)13-4-3-9-17-10-13/h3-4,9-12H,5-8H2,1-2H3. The van der Waals surface area contributed by atoms with E-state index >= 15 is 0 Å². The van der Waals surface area contributed by atoms with Gasteiger partial charge in [0.05, 0.1) is 0 Å². The number of amides is 1. The molecule has 2 heterocycles. The molecule has 1 aliphatic carbocycles. The summed E-state index contributed by atoms with van der Waals surface area (Å²) in [5, 5.41) is 3.93. The molecule has 1 amide bonds. The lowest BCUT2D eigenvalue weighted by Gasteiger charge is -2.24. The van der Waals surface area contributed by atoms with Gasteiger partial charge in [0.15, 0.2) is 0 Å². The monoisotopic (exact) mass is 300 g/mol. The highest BCUT2D eigenvalue weighted by molar-refractivity contribution is 5.76. The van der Waals surface area contributed by atoms with E-state index in [-0.39, 0.29) is 5.91 Å². The first-order valence-electron chi connectivity index (χ1n) is 7.64. The maximum absolute atomic E-state index is 12.2. The highest BCUT2D eigenvalue weighted by Gasteiger charge is 2.32. The minimum atomic E-state index is 0.125. The highest BCUT2D eigenvalue weighted by Crippen LogP contribution is 2.34. The van der Waals surface area contributed by atoms with Crippen molar-refractivity contribution < 1.29 is 9.32 Å². The first kappa shape index (κ1) is 14.7. The van der Waals surface area contributed by atoms with E-state index in [0.717, 1.165) is 5.56 Å². The number of carbonyl (C=O) groups excluding carboxylic acids is 1. The van der Waals surface area contributed by atoms with Gasteiger partial charge in [0.25, 0.3) is 0 Å². The zero-order chi connectivity index (χ0) is 15.5. The van der Waals surface area contributed by atoms with Crippen LogP contribution in [0.2, 0.25) is 0 Å². The fourth-order valence-corrected chi connectivity index (χ4v) is 2.48. The van der Waals surface area contributed by atoms with Gasteiger partial charge in [-0.3, -0.25) is 9.78 Å². The van der Waals surface area contributed by atoms with Crippen LogP contribution in [0.25, 0.3) is 11.4 Å². The third-order valence-corrected chi connectivity index (χ3v) is 4.25. The van der Waals surface area contributed by atoms with Crippen LogP contribution in [-0.4, -0.2) is 39.0 Å². The Kier molecular flexibility index (Phi) is 4.18. The molecule has 1 fully saturated rings. The lowest BCUT2D eigenvalue weighted by atomic mass is 10.1. The van der Waals surface area contributed by atoms with Crippen LogP contribution < -0.4 is 0 Å². The van der Waals surface area contributed by atoms with Gasteiger partial charge in [0.1, 0.15) is 0 Å². The first-order valence-corrected chi connectivity index (χ1v) is 7.64. The minimum absolute atomic E-state index is 0.125. The van der Waals surface area contributed by atoms with Crippen molar-refractivity contribution in [3.05, 3.63) is 30.4 Å². The fraction of sp³-hybridized carbons (Fsp3) is 0.500. The average Bonchev–Trinajstić information content (AvgIpc) is 3.30. The van der Waals surface area contributed by atoms with Gasteiger partial charge in [-0.25, -0.2) is 0 Å². The first-order chi connectivity index (χ1) is 10.6. The third kappa shape index (κ3) is 3.32. The molecular formula is C16H20N4O2. The number of nitrogens with zero attached hydrogens (tertiary/aromatic N) is 4. The zero-order valence-electron chi connectivity index (χ0n) is 12.9. The molecule has 0 saturated heterocycles.